The summed E-state index contributed by atoms with van der Waals surface area (Å²) in [6.45, 7) is 4.05. The third-order valence-electron chi connectivity index (χ3n) is 9.19. The molecule has 0 radical (unpaired) electrons. The van der Waals surface area contributed by atoms with Crippen molar-refractivity contribution in [2.75, 3.05) is 9.62 Å². The molecule has 2 aromatic heterocycles. The Hall–Kier alpha value is -5.13. The van der Waals surface area contributed by atoms with Gasteiger partial charge in [0, 0.05) is 50.0 Å². The third-order valence-corrected chi connectivity index (χ3v) is 9.19. The van der Waals surface area contributed by atoms with E-state index in [1.165, 1.54) is 26.7 Å². The molecule has 0 fully saturated rings. The number of benzene rings is 5. The van der Waals surface area contributed by atoms with Crippen molar-refractivity contribution in [2.24, 2.45) is 6.98 Å². The average molecular weight is 820 g/mol. The molecule has 0 saturated carbocycles. The zero-order valence-electron chi connectivity index (χ0n) is 30.1. The Morgan fingerprint density at radius 3 is 2.41 bits per heavy atom. The van der Waals surface area contributed by atoms with Crippen LogP contribution in [0.5, 0.6) is 11.5 Å². The molecule has 242 valence electrons. The van der Waals surface area contributed by atoms with E-state index in [0.717, 1.165) is 22.9 Å². The third kappa shape index (κ3) is 5.07. The standard InChI is InChI=1S/C41H32BN5O.Pt/c1-41(2,3)28-22-23-43-40(24-28)47-39-26-31(48-30-13-11-12-29(25-30)45-27-44(4)36-18-9-10-19-37(36)45)20-21-38(39)46-35-17-8-6-15-33(35)32-14-5-7-16-34(32)42(46)47;/h5-24H,1-4H3;/q-2;/i4D3;. The average Bonchev–Trinajstić information content (AvgIpc) is 3.69. The molecule has 0 amide bonds. The molecule has 0 spiro atoms. The molecule has 8 heteroatoms. The van der Waals surface area contributed by atoms with Crippen molar-refractivity contribution >= 4 is 46.4 Å². The first-order chi connectivity index (χ1) is 24.6. The van der Waals surface area contributed by atoms with Crippen LogP contribution in [0.2, 0.25) is 0 Å². The normalized spacial score (nSPS) is 14.2. The first-order valence-corrected chi connectivity index (χ1v) is 16.0. The molecular formula is C41H32BN5OPt-2. The van der Waals surface area contributed by atoms with Gasteiger partial charge in [0.15, 0.2) is 0 Å². The zero-order valence-corrected chi connectivity index (χ0v) is 29.4. The number of rotatable bonds is 4. The first kappa shape index (κ1) is 27.8. The van der Waals surface area contributed by atoms with E-state index in [2.05, 4.69) is 116 Å². The largest absolute Gasteiger partial charge is 0.510 e. The summed E-state index contributed by atoms with van der Waals surface area (Å²) in [7, 11) is 0. The monoisotopic (exact) mass is 819 g/mol. The number of anilines is 4. The van der Waals surface area contributed by atoms with Crippen LogP contribution in [0.25, 0.3) is 27.8 Å². The Labute approximate surface area is 305 Å². The van der Waals surface area contributed by atoms with E-state index in [-0.39, 0.29) is 33.5 Å². The molecule has 0 saturated heterocycles. The smallest absolute Gasteiger partial charge is 0.409 e. The number of aromatic nitrogens is 3. The van der Waals surface area contributed by atoms with Crippen LogP contribution in [0.15, 0.2) is 121 Å². The molecule has 0 aliphatic carbocycles. The summed E-state index contributed by atoms with van der Waals surface area (Å²) in [4.78, 5) is 9.58. The van der Waals surface area contributed by atoms with Crippen molar-refractivity contribution < 1.29 is 34.5 Å². The minimum atomic E-state index is -2.39. The summed E-state index contributed by atoms with van der Waals surface area (Å²) < 4.78 is 33.5. The van der Waals surface area contributed by atoms with Gasteiger partial charge in [0.2, 0.25) is 6.33 Å². The van der Waals surface area contributed by atoms with Crippen molar-refractivity contribution in [3.05, 3.63) is 145 Å². The molecule has 49 heavy (non-hydrogen) atoms. The van der Waals surface area contributed by atoms with Crippen LogP contribution in [0, 0.1) is 18.5 Å². The number of fused-ring (bicyclic) bond motifs is 9. The molecule has 2 aliphatic rings. The van der Waals surface area contributed by atoms with Crippen LogP contribution in [0.4, 0.5) is 22.9 Å². The zero-order chi connectivity index (χ0) is 35.1. The van der Waals surface area contributed by atoms with E-state index >= 15 is 0 Å². The Balaban J connectivity index is 0.00000387. The first-order valence-electron chi connectivity index (χ1n) is 17.5. The predicted octanol–water partition coefficient (Wildman–Crippen LogP) is 8.00. The van der Waals surface area contributed by atoms with Gasteiger partial charge in [0.25, 0.3) is 0 Å². The van der Waals surface area contributed by atoms with Crippen molar-refractivity contribution in [3.63, 3.8) is 0 Å². The number of ether oxygens (including phenoxy) is 1. The predicted molar refractivity (Wildman–Crippen MR) is 192 cm³/mol. The van der Waals surface area contributed by atoms with Gasteiger partial charge in [0.1, 0.15) is 5.82 Å². The number of hydrogen-bond acceptors (Lipinski definition) is 4. The van der Waals surface area contributed by atoms with Gasteiger partial charge in [-0.15, -0.1) is 30.3 Å². The summed E-state index contributed by atoms with van der Waals surface area (Å²) in [5.74, 6) is 1.80. The van der Waals surface area contributed by atoms with Gasteiger partial charge in [-0.05, 0) is 40.2 Å². The van der Waals surface area contributed by atoms with E-state index in [0.29, 0.717) is 28.2 Å². The van der Waals surface area contributed by atoms with Crippen LogP contribution >= 0.6 is 0 Å². The molecular weight excluding hydrogens is 784 g/mol. The molecule has 5 aromatic carbocycles. The molecule has 0 unspecified atom stereocenters. The maximum atomic E-state index is 8.04. The Kier molecular flexibility index (Phi) is 6.68. The van der Waals surface area contributed by atoms with Gasteiger partial charge >= 0.3 is 6.98 Å². The maximum Gasteiger partial charge on any atom is 0.409 e. The van der Waals surface area contributed by atoms with Gasteiger partial charge in [-0.1, -0.05) is 105 Å². The summed E-state index contributed by atoms with van der Waals surface area (Å²) in [6.07, 6.45) is 4.90. The number of imidazole rings is 1. The van der Waals surface area contributed by atoms with Gasteiger partial charge in [-0.3, -0.25) is 0 Å². The summed E-state index contributed by atoms with van der Waals surface area (Å²) >= 11 is 0. The molecule has 9 rings (SSSR count). The fourth-order valence-corrected chi connectivity index (χ4v) is 6.92. The SMILES string of the molecule is [2H]C([2H])([2H])[n+]1[c-]n(-c2[c-]c(Oc3[c-]c4c(cc3)N3B(c5ccccc5-c5ccccc53)N4c3cc(C(C)(C)C)ccn3)ccc2)c2ccccc21.[Pt]. The van der Waals surface area contributed by atoms with E-state index in [1.807, 2.05) is 48.7 Å². The summed E-state index contributed by atoms with van der Waals surface area (Å²) in [6, 6.07) is 45.2. The van der Waals surface area contributed by atoms with Crippen molar-refractivity contribution in [2.45, 2.75) is 26.2 Å². The van der Waals surface area contributed by atoms with Crippen LogP contribution in [-0.4, -0.2) is 16.5 Å². The summed E-state index contributed by atoms with van der Waals surface area (Å²) in [5.41, 5.74) is 9.47. The maximum absolute atomic E-state index is 8.04. The molecule has 0 bridgehead atoms. The molecule has 0 atom stereocenters. The second-order valence-electron chi connectivity index (χ2n) is 13.2. The minimum absolute atomic E-state index is 0. The van der Waals surface area contributed by atoms with Gasteiger partial charge in [-0.25, -0.2) is 4.98 Å². The fourth-order valence-electron chi connectivity index (χ4n) is 6.92. The molecule has 2 aliphatic heterocycles. The molecule has 6 nitrogen and oxygen atoms in total. The number of para-hydroxylation sites is 3. The second kappa shape index (κ2) is 11.8. The van der Waals surface area contributed by atoms with Gasteiger partial charge < -0.3 is 23.5 Å². The van der Waals surface area contributed by atoms with Crippen molar-refractivity contribution in [1.29, 1.82) is 0 Å². The Morgan fingerprint density at radius 2 is 1.55 bits per heavy atom. The van der Waals surface area contributed by atoms with Crippen molar-refractivity contribution in [1.82, 2.24) is 9.55 Å². The van der Waals surface area contributed by atoms with E-state index < -0.39 is 6.98 Å². The van der Waals surface area contributed by atoms with E-state index in [4.69, 9.17) is 13.8 Å². The second-order valence-corrected chi connectivity index (χ2v) is 13.2. The Morgan fingerprint density at radius 1 is 0.776 bits per heavy atom. The number of hydrogen-bond donors (Lipinski definition) is 0. The topological polar surface area (TPSA) is 37.4 Å². The van der Waals surface area contributed by atoms with E-state index in [1.54, 1.807) is 10.6 Å². The summed E-state index contributed by atoms with van der Waals surface area (Å²) in [5, 5.41) is 0. The number of aryl methyl sites for hydroxylation is 1. The minimum Gasteiger partial charge on any atom is -0.510 e. The van der Waals surface area contributed by atoms with Crippen LogP contribution in [0.1, 0.15) is 30.4 Å². The van der Waals surface area contributed by atoms with Crippen molar-refractivity contribution in [3.8, 4) is 28.3 Å². The van der Waals surface area contributed by atoms with Gasteiger partial charge in [-0.2, -0.15) is 12.1 Å². The number of pyridine rings is 1. The Bertz CT molecular complexity index is 2490. The van der Waals surface area contributed by atoms with E-state index in [9.17, 15) is 0 Å². The fraction of sp³-hybridized carbons (Fsp3) is 0.122. The molecule has 4 heterocycles. The number of nitrogens with zero attached hydrogens (tertiary/aromatic N) is 5. The molecule has 0 N–H and O–H groups in total. The quantitative estimate of drug-likeness (QED) is 0.103. The van der Waals surface area contributed by atoms with Crippen LogP contribution in [-0.2, 0) is 33.5 Å². The van der Waals surface area contributed by atoms with Crippen LogP contribution in [0.3, 0.4) is 0 Å². The van der Waals surface area contributed by atoms with Crippen LogP contribution < -0.4 is 24.4 Å². The molecule has 7 aromatic rings. The van der Waals surface area contributed by atoms with Gasteiger partial charge in [0.05, 0.1) is 22.1 Å².